The number of hydrogen-bond acceptors (Lipinski definition) is 3. The molecular weight excluding hydrogens is 433 g/mol. The van der Waals surface area contributed by atoms with Gasteiger partial charge in [-0.1, -0.05) is 47.5 Å². The van der Waals surface area contributed by atoms with E-state index in [0.717, 1.165) is 36.1 Å². The van der Waals surface area contributed by atoms with Gasteiger partial charge in [0.1, 0.15) is 0 Å². The minimum atomic E-state index is -0.198. The van der Waals surface area contributed by atoms with Crippen LogP contribution in [0.2, 0.25) is 10.0 Å². The van der Waals surface area contributed by atoms with Gasteiger partial charge in [0.05, 0.1) is 21.1 Å². The zero-order chi connectivity index (χ0) is 22.0. The predicted octanol–water partition coefficient (Wildman–Crippen LogP) is 4.58. The maximum absolute atomic E-state index is 13.7. The highest BCUT2D eigenvalue weighted by Crippen LogP contribution is 2.24. The average Bonchev–Trinajstić information content (AvgIpc) is 3.29. The van der Waals surface area contributed by atoms with Gasteiger partial charge in [-0.15, -0.1) is 0 Å². The Hall–Kier alpha value is -2.34. The van der Waals surface area contributed by atoms with Crippen LogP contribution in [0.1, 0.15) is 28.8 Å². The number of carbonyl (C=O) groups is 1. The average molecular weight is 458 g/mol. The summed E-state index contributed by atoms with van der Waals surface area (Å²) in [5.41, 5.74) is 1.88. The van der Waals surface area contributed by atoms with Gasteiger partial charge in [-0.25, -0.2) is 0 Å². The topological polar surface area (TPSA) is 45.6 Å². The monoisotopic (exact) mass is 457 g/mol. The van der Waals surface area contributed by atoms with Gasteiger partial charge in [0, 0.05) is 38.1 Å². The lowest BCUT2D eigenvalue weighted by molar-refractivity contribution is 0.0729. The molecule has 4 rings (SSSR count). The number of likely N-dealkylation sites (tertiary alicyclic amines) is 1. The fourth-order valence-corrected chi connectivity index (χ4v) is 4.46. The molecule has 3 aromatic rings. The fourth-order valence-electron chi connectivity index (χ4n) is 4.14. The molecule has 0 atom stereocenters. The highest BCUT2D eigenvalue weighted by molar-refractivity contribution is 6.42. The van der Waals surface area contributed by atoms with Crippen molar-refractivity contribution < 1.29 is 4.79 Å². The van der Waals surface area contributed by atoms with E-state index in [9.17, 15) is 9.59 Å². The van der Waals surface area contributed by atoms with Crippen LogP contribution < -0.4 is 5.56 Å². The number of aryl methyl sites for hydroxylation is 1. The molecule has 0 radical (unpaired) electrons. The zero-order valence-electron chi connectivity index (χ0n) is 17.5. The Morgan fingerprint density at radius 3 is 2.52 bits per heavy atom. The lowest BCUT2D eigenvalue weighted by Gasteiger charge is -2.26. The number of fused-ring (bicyclic) bond motifs is 1. The Balaban J connectivity index is 1.69. The van der Waals surface area contributed by atoms with Crippen molar-refractivity contribution in [3.63, 3.8) is 0 Å². The lowest BCUT2D eigenvalue weighted by Crippen LogP contribution is -2.38. The molecule has 162 valence electrons. The van der Waals surface area contributed by atoms with Gasteiger partial charge >= 0.3 is 0 Å². The molecule has 0 saturated carbocycles. The standard InChI is InChI=1S/C24H25Cl2N3O2/c1-27-22-7-3-2-6-18(22)19(15-23(27)30)24(31)29(13-12-28-10-4-5-11-28)16-17-8-9-20(25)21(26)14-17/h2-3,6-9,14-15H,4-5,10-13,16H2,1H3. The van der Waals surface area contributed by atoms with Crippen molar-refractivity contribution in [2.45, 2.75) is 19.4 Å². The van der Waals surface area contributed by atoms with Crippen LogP contribution in [-0.4, -0.2) is 46.5 Å². The molecule has 1 aromatic heterocycles. The molecule has 1 fully saturated rings. The molecule has 1 aliphatic rings. The van der Waals surface area contributed by atoms with E-state index in [1.165, 1.54) is 18.9 Å². The molecular formula is C24H25Cl2N3O2. The first-order valence-electron chi connectivity index (χ1n) is 10.5. The summed E-state index contributed by atoms with van der Waals surface area (Å²) in [7, 11) is 1.72. The number of aromatic nitrogens is 1. The summed E-state index contributed by atoms with van der Waals surface area (Å²) < 4.78 is 1.57. The summed E-state index contributed by atoms with van der Waals surface area (Å²) in [5.74, 6) is -0.154. The van der Waals surface area contributed by atoms with E-state index < -0.39 is 0 Å². The van der Waals surface area contributed by atoms with E-state index in [4.69, 9.17) is 23.2 Å². The second-order valence-electron chi connectivity index (χ2n) is 8.00. The summed E-state index contributed by atoms with van der Waals surface area (Å²) in [6.45, 7) is 3.89. The van der Waals surface area contributed by atoms with E-state index in [2.05, 4.69) is 4.90 Å². The predicted molar refractivity (Wildman–Crippen MR) is 126 cm³/mol. The number of halogens is 2. The Morgan fingerprint density at radius 2 is 1.77 bits per heavy atom. The van der Waals surface area contributed by atoms with Crippen LogP contribution in [0.4, 0.5) is 0 Å². The summed E-state index contributed by atoms with van der Waals surface area (Å²) in [6.07, 6.45) is 2.39. The first kappa shape index (κ1) is 21.9. The van der Waals surface area contributed by atoms with Crippen LogP contribution in [-0.2, 0) is 13.6 Å². The van der Waals surface area contributed by atoms with Gasteiger partial charge in [0.25, 0.3) is 11.5 Å². The summed E-state index contributed by atoms with van der Waals surface area (Å²) >= 11 is 12.3. The number of amides is 1. The Kier molecular flexibility index (Phi) is 6.65. The second kappa shape index (κ2) is 9.43. The van der Waals surface area contributed by atoms with Gasteiger partial charge in [-0.3, -0.25) is 9.59 Å². The molecule has 0 spiro atoms. The largest absolute Gasteiger partial charge is 0.333 e. The lowest BCUT2D eigenvalue weighted by atomic mass is 10.1. The van der Waals surface area contributed by atoms with E-state index >= 15 is 0 Å². The number of pyridine rings is 1. The zero-order valence-corrected chi connectivity index (χ0v) is 19.0. The van der Waals surface area contributed by atoms with Crippen LogP contribution in [0.5, 0.6) is 0 Å². The molecule has 0 aliphatic carbocycles. The molecule has 1 saturated heterocycles. The molecule has 2 heterocycles. The molecule has 0 N–H and O–H groups in total. The van der Waals surface area contributed by atoms with Crippen LogP contribution in [0, 0.1) is 0 Å². The quantitative estimate of drug-likeness (QED) is 0.543. The molecule has 0 bridgehead atoms. The number of carbonyl (C=O) groups excluding carboxylic acids is 1. The van der Waals surface area contributed by atoms with E-state index in [0.29, 0.717) is 28.7 Å². The van der Waals surface area contributed by atoms with Gasteiger partial charge in [0.15, 0.2) is 0 Å². The highest BCUT2D eigenvalue weighted by atomic mass is 35.5. The van der Waals surface area contributed by atoms with Crippen LogP contribution >= 0.6 is 23.2 Å². The molecule has 1 amide bonds. The summed E-state index contributed by atoms with van der Waals surface area (Å²) in [4.78, 5) is 30.4. The van der Waals surface area contributed by atoms with E-state index in [1.54, 1.807) is 28.6 Å². The van der Waals surface area contributed by atoms with Crippen LogP contribution in [0.3, 0.4) is 0 Å². The van der Waals surface area contributed by atoms with Gasteiger partial charge in [-0.05, 0) is 49.7 Å². The first-order valence-corrected chi connectivity index (χ1v) is 11.2. The molecule has 2 aromatic carbocycles. The number of rotatable bonds is 6. The number of nitrogens with zero attached hydrogens (tertiary/aromatic N) is 3. The highest BCUT2D eigenvalue weighted by Gasteiger charge is 2.22. The van der Waals surface area contributed by atoms with Crippen LogP contribution in [0.15, 0.2) is 53.3 Å². The van der Waals surface area contributed by atoms with Gasteiger partial charge in [0.2, 0.25) is 0 Å². The fraction of sp³-hybridized carbons (Fsp3) is 0.333. The Bertz CT molecular complexity index is 1170. The molecule has 31 heavy (non-hydrogen) atoms. The van der Waals surface area contributed by atoms with Crippen molar-refractivity contribution in [2.75, 3.05) is 26.2 Å². The summed E-state index contributed by atoms with van der Waals surface area (Å²) in [5, 5.41) is 1.72. The van der Waals surface area contributed by atoms with Crippen molar-refractivity contribution >= 4 is 40.0 Å². The van der Waals surface area contributed by atoms with E-state index in [-0.39, 0.29) is 11.5 Å². The second-order valence-corrected chi connectivity index (χ2v) is 8.81. The molecule has 5 nitrogen and oxygen atoms in total. The first-order chi connectivity index (χ1) is 14.9. The summed E-state index contributed by atoms with van der Waals surface area (Å²) in [6, 6.07) is 14.4. The molecule has 1 aliphatic heterocycles. The number of para-hydroxylation sites is 1. The SMILES string of the molecule is Cn1c(=O)cc(C(=O)N(CCN2CCCC2)Cc2ccc(Cl)c(Cl)c2)c2ccccc21. The smallest absolute Gasteiger partial charge is 0.255 e. The normalized spacial score (nSPS) is 14.3. The molecule has 0 unspecified atom stereocenters. The van der Waals surface area contributed by atoms with Crippen molar-refractivity contribution in [2.24, 2.45) is 7.05 Å². The minimum absolute atomic E-state index is 0.154. The minimum Gasteiger partial charge on any atom is -0.333 e. The number of benzene rings is 2. The maximum atomic E-state index is 13.7. The van der Waals surface area contributed by atoms with Gasteiger partial charge < -0.3 is 14.4 Å². The van der Waals surface area contributed by atoms with Crippen molar-refractivity contribution in [1.82, 2.24) is 14.4 Å². The van der Waals surface area contributed by atoms with Crippen molar-refractivity contribution in [3.8, 4) is 0 Å². The third kappa shape index (κ3) is 4.79. The van der Waals surface area contributed by atoms with Crippen molar-refractivity contribution in [3.05, 3.63) is 80.1 Å². The van der Waals surface area contributed by atoms with E-state index in [1.807, 2.05) is 30.3 Å². The Morgan fingerprint density at radius 1 is 1.03 bits per heavy atom. The maximum Gasteiger partial charge on any atom is 0.255 e. The van der Waals surface area contributed by atoms with Crippen molar-refractivity contribution in [1.29, 1.82) is 0 Å². The third-order valence-electron chi connectivity index (χ3n) is 5.91. The van der Waals surface area contributed by atoms with Gasteiger partial charge in [-0.2, -0.15) is 0 Å². The third-order valence-corrected chi connectivity index (χ3v) is 6.65. The number of hydrogen-bond donors (Lipinski definition) is 0. The Labute approximate surface area is 191 Å². The molecule has 7 heteroatoms. The van der Waals surface area contributed by atoms with Crippen LogP contribution in [0.25, 0.3) is 10.9 Å².